The SMILES string of the molecule is C[Si](C)(C)OC1Cc2ccccc2N(C(N)=O)c2ccccc21. The Morgan fingerprint density at radius 2 is 1.70 bits per heavy atom. The number of nitrogens with zero attached hydrogens (tertiary/aromatic N) is 1. The van der Waals surface area contributed by atoms with Crippen molar-refractivity contribution in [3.63, 3.8) is 0 Å². The second kappa shape index (κ2) is 5.83. The van der Waals surface area contributed by atoms with Crippen LogP contribution >= 0.6 is 0 Å². The molecule has 0 aliphatic carbocycles. The summed E-state index contributed by atoms with van der Waals surface area (Å²) in [4.78, 5) is 13.7. The zero-order valence-electron chi connectivity index (χ0n) is 13.7. The van der Waals surface area contributed by atoms with Crippen molar-refractivity contribution in [2.45, 2.75) is 32.2 Å². The van der Waals surface area contributed by atoms with Crippen molar-refractivity contribution in [2.75, 3.05) is 4.90 Å². The van der Waals surface area contributed by atoms with Gasteiger partial charge in [0.1, 0.15) is 0 Å². The van der Waals surface area contributed by atoms with Gasteiger partial charge < -0.3 is 10.2 Å². The summed E-state index contributed by atoms with van der Waals surface area (Å²) in [5.74, 6) is 0. The van der Waals surface area contributed by atoms with Crippen LogP contribution in [-0.4, -0.2) is 14.3 Å². The molecule has 0 spiro atoms. The van der Waals surface area contributed by atoms with Gasteiger partial charge in [0.15, 0.2) is 8.32 Å². The standard InChI is InChI=1S/C18H22N2O2Si/c1-23(2,3)22-17-12-13-8-4-6-10-15(13)20(18(19)21)16-11-7-5-9-14(16)17/h4-11,17H,12H2,1-3H3,(H2,19,21). The number of anilines is 2. The molecule has 120 valence electrons. The van der Waals surface area contributed by atoms with Crippen LogP contribution in [0.2, 0.25) is 19.6 Å². The summed E-state index contributed by atoms with van der Waals surface area (Å²) in [7, 11) is -1.74. The summed E-state index contributed by atoms with van der Waals surface area (Å²) in [5.41, 5.74) is 9.44. The maximum Gasteiger partial charge on any atom is 0.323 e. The van der Waals surface area contributed by atoms with E-state index in [4.69, 9.17) is 10.2 Å². The van der Waals surface area contributed by atoms with Gasteiger partial charge in [0.05, 0.1) is 17.5 Å². The molecule has 2 aromatic rings. The Morgan fingerprint density at radius 3 is 2.35 bits per heavy atom. The number of rotatable bonds is 2. The number of fused-ring (bicyclic) bond motifs is 2. The van der Waals surface area contributed by atoms with Crippen molar-refractivity contribution in [1.29, 1.82) is 0 Å². The first kappa shape index (κ1) is 15.8. The van der Waals surface area contributed by atoms with Gasteiger partial charge in [-0.25, -0.2) is 4.79 Å². The van der Waals surface area contributed by atoms with Crippen LogP contribution in [0.3, 0.4) is 0 Å². The largest absolute Gasteiger partial charge is 0.410 e. The van der Waals surface area contributed by atoms with Gasteiger partial charge in [0, 0.05) is 12.0 Å². The zero-order valence-corrected chi connectivity index (χ0v) is 14.7. The van der Waals surface area contributed by atoms with E-state index in [1.165, 1.54) is 0 Å². The van der Waals surface area contributed by atoms with E-state index < -0.39 is 14.3 Å². The van der Waals surface area contributed by atoms with Gasteiger partial charge in [0.2, 0.25) is 0 Å². The number of hydrogen-bond donors (Lipinski definition) is 1. The van der Waals surface area contributed by atoms with E-state index in [1.54, 1.807) is 4.90 Å². The molecular formula is C18H22N2O2Si. The molecule has 0 saturated carbocycles. The Morgan fingerprint density at radius 1 is 1.09 bits per heavy atom. The Labute approximate surface area is 138 Å². The summed E-state index contributed by atoms with van der Waals surface area (Å²) in [6, 6.07) is 15.3. The molecule has 0 fully saturated rings. The molecule has 5 heteroatoms. The third-order valence-corrected chi connectivity index (χ3v) is 4.87. The average molecular weight is 326 g/mol. The van der Waals surface area contributed by atoms with Crippen LogP contribution < -0.4 is 10.6 Å². The van der Waals surface area contributed by atoms with E-state index in [0.29, 0.717) is 0 Å². The first-order valence-electron chi connectivity index (χ1n) is 7.81. The number of para-hydroxylation sites is 2. The number of carbonyl (C=O) groups is 1. The average Bonchev–Trinajstić information content (AvgIpc) is 2.60. The summed E-state index contributed by atoms with van der Waals surface area (Å²) in [5, 5.41) is 0. The quantitative estimate of drug-likeness (QED) is 0.834. The van der Waals surface area contributed by atoms with Gasteiger partial charge in [-0.3, -0.25) is 4.90 Å². The molecule has 0 aromatic heterocycles. The molecular weight excluding hydrogens is 304 g/mol. The lowest BCUT2D eigenvalue weighted by Crippen LogP contribution is -2.32. The normalized spacial score (nSPS) is 17.2. The third kappa shape index (κ3) is 3.16. The topological polar surface area (TPSA) is 55.6 Å². The molecule has 4 nitrogen and oxygen atoms in total. The molecule has 1 unspecified atom stereocenters. The molecule has 2 aromatic carbocycles. The smallest absolute Gasteiger partial charge is 0.323 e. The monoisotopic (exact) mass is 326 g/mol. The number of hydrogen-bond acceptors (Lipinski definition) is 2. The molecule has 1 atom stereocenters. The van der Waals surface area contributed by atoms with Crippen LogP contribution in [0.4, 0.5) is 16.2 Å². The van der Waals surface area contributed by atoms with Crippen molar-refractivity contribution in [3.05, 3.63) is 59.7 Å². The van der Waals surface area contributed by atoms with Gasteiger partial charge in [0.25, 0.3) is 0 Å². The fourth-order valence-electron chi connectivity index (χ4n) is 3.07. The van der Waals surface area contributed by atoms with Crippen molar-refractivity contribution in [2.24, 2.45) is 5.73 Å². The summed E-state index contributed by atoms with van der Waals surface area (Å²) >= 11 is 0. The summed E-state index contributed by atoms with van der Waals surface area (Å²) < 4.78 is 6.43. The number of primary amides is 1. The molecule has 23 heavy (non-hydrogen) atoms. The molecule has 1 heterocycles. The van der Waals surface area contributed by atoms with E-state index in [-0.39, 0.29) is 6.10 Å². The van der Waals surface area contributed by atoms with Gasteiger partial charge >= 0.3 is 6.03 Å². The summed E-state index contributed by atoms with van der Waals surface area (Å²) in [6.07, 6.45) is 0.671. The maximum atomic E-state index is 12.1. The van der Waals surface area contributed by atoms with E-state index in [1.807, 2.05) is 48.5 Å². The predicted octanol–water partition coefficient (Wildman–Crippen LogP) is 4.35. The lowest BCUT2D eigenvalue weighted by Gasteiger charge is -2.27. The minimum absolute atomic E-state index is 0.0663. The van der Waals surface area contributed by atoms with Gasteiger partial charge in [-0.2, -0.15) is 0 Å². The van der Waals surface area contributed by atoms with Crippen molar-refractivity contribution < 1.29 is 9.22 Å². The fraction of sp³-hybridized carbons (Fsp3) is 0.278. The number of amides is 2. The van der Waals surface area contributed by atoms with Crippen LogP contribution in [-0.2, 0) is 10.8 Å². The van der Waals surface area contributed by atoms with Crippen LogP contribution in [0, 0.1) is 0 Å². The van der Waals surface area contributed by atoms with Crippen molar-refractivity contribution in [3.8, 4) is 0 Å². The van der Waals surface area contributed by atoms with Crippen LogP contribution in [0.1, 0.15) is 17.2 Å². The number of benzene rings is 2. The van der Waals surface area contributed by atoms with Crippen molar-refractivity contribution in [1.82, 2.24) is 0 Å². The number of urea groups is 1. The predicted molar refractivity (Wildman–Crippen MR) is 95.5 cm³/mol. The van der Waals surface area contributed by atoms with E-state index in [9.17, 15) is 4.79 Å². The maximum absolute atomic E-state index is 12.1. The molecule has 1 aliphatic heterocycles. The highest BCUT2D eigenvalue weighted by Gasteiger charge is 2.32. The lowest BCUT2D eigenvalue weighted by molar-refractivity contribution is 0.200. The molecule has 0 saturated heterocycles. The van der Waals surface area contributed by atoms with Gasteiger partial charge in [-0.15, -0.1) is 0 Å². The first-order chi connectivity index (χ1) is 10.9. The highest BCUT2D eigenvalue weighted by Crippen LogP contribution is 2.42. The molecule has 2 N–H and O–H groups in total. The molecule has 0 radical (unpaired) electrons. The molecule has 1 aliphatic rings. The van der Waals surface area contributed by atoms with E-state index in [2.05, 4.69) is 19.6 Å². The number of carbonyl (C=O) groups excluding carboxylic acids is 1. The van der Waals surface area contributed by atoms with E-state index in [0.717, 1.165) is 28.9 Å². The second-order valence-corrected chi connectivity index (χ2v) is 11.2. The van der Waals surface area contributed by atoms with Crippen LogP contribution in [0.15, 0.2) is 48.5 Å². The molecule has 3 rings (SSSR count). The Bertz CT molecular complexity index is 740. The Hall–Kier alpha value is -2.11. The zero-order chi connectivity index (χ0) is 16.6. The molecule has 0 bridgehead atoms. The van der Waals surface area contributed by atoms with Crippen molar-refractivity contribution >= 4 is 25.7 Å². The van der Waals surface area contributed by atoms with Crippen LogP contribution in [0.25, 0.3) is 0 Å². The number of nitrogens with two attached hydrogens (primary N) is 1. The second-order valence-electron chi connectivity index (χ2n) is 6.78. The van der Waals surface area contributed by atoms with Gasteiger partial charge in [-0.1, -0.05) is 36.4 Å². The highest BCUT2D eigenvalue weighted by atomic mass is 28.4. The highest BCUT2D eigenvalue weighted by molar-refractivity contribution is 6.69. The third-order valence-electron chi connectivity index (χ3n) is 3.88. The lowest BCUT2D eigenvalue weighted by atomic mass is 10.0. The minimum Gasteiger partial charge on any atom is -0.410 e. The van der Waals surface area contributed by atoms with E-state index >= 15 is 0 Å². The Balaban J connectivity index is 2.20. The Kier molecular flexibility index (Phi) is 4.00. The minimum atomic E-state index is -1.74. The van der Waals surface area contributed by atoms with Crippen LogP contribution in [0.5, 0.6) is 0 Å². The molecule has 2 amide bonds. The van der Waals surface area contributed by atoms with Gasteiger partial charge in [-0.05, 0) is 37.3 Å². The fourth-order valence-corrected chi connectivity index (χ4v) is 4.14. The summed E-state index contributed by atoms with van der Waals surface area (Å²) in [6.45, 7) is 6.54. The first-order valence-corrected chi connectivity index (χ1v) is 11.2.